The average Bonchev–Trinajstić information content (AvgIpc) is 2.18. The number of aliphatic hydroxyl groups excluding tert-OH is 1. The fourth-order valence-corrected chi connectivity index (χ4v) is 2.57. The molecule has 0 aromatic heterocycles. The number of fused-ring (bicyclic) bond motifs is 1. The highest BCUT2D eigenvalue weighted by Crippen LogP contribution is 2.34. The van der Waals surface area contributed by atoms with Crippen LogP contribution in [0, 0.1) is 0 Å². The van der Waals surface area contributed by atoms with Crippen LogP contribution in [-0.4, -0.2) is 16.6 Å². The number of benzene rings is 1. The van der Waals surface area contributed by atoms with Crippen LogP contribution in [0.4, 0.5) is 0 Å². The normalized spacial score (nSPS) is 18.4. The van der Waals surface area contributed by atoms with Gasteiger partial charge in [-0.3, -0.25) is 4.79 Å². The van der Waals surface area contributed by atoms with Gasteiger partial charge < -0.3 is 5.11 Å². The maximum absolute atomic E-state index is 11.7. The monoisotopic (exact) mass is 226 g/mol. The second-order valence-electron chi connectivity index (χ2n) is 2.91. The van der Waals surface area contributed by atoms with Gasteiger partial charge >= 0.3 is 0 Å². The summed E-state index contributed by atoms with van der Waals surface area (Å²) in [6.45, 7) is 0. The molecule has 0 spiro atoms. The van der Waals surface area contributed by atoms with E-state index in [1.54, 1.807) is 18.2 Å². The number of ketones is 1. The zero-order chi connectivity index (χ0) is 10.1. The Morgan fingerprint density at radius 3 is 3.00 bits per heavy atom. The van der Waals surface area contributed by atoms with E-state index < -0.39 is 0 Å². The lowest BCUT2D eigenvalue weighted by molar-refractivity contribution is 0.102. The summed E-state index contributed by atoms with van der Waals surface area (Å²) in [7, 11) is 0. The Kier molecular flexibility index (Phi) is 2.52. The quantitative estimate of drug-likeness (QED) is 0.546. The van der Waals surface area contributed by atoms with Crippen LogP contribution in [0.15, 0.2) is 34.9 Å². The zero-order valence-electron chi connectivity index (χ0n) is 7.16. The van der Waals surface area contributed by atoms with Crippen molar-refractivity contribution >= 4 is 29.1 Å². The number of Topliss-reactive ketones (excluding diaryl/α,β-unsaturated/α-hetero) is 1. The summed E-state index contributed by atoms with van der Waals surface area (Å²) in [6.07, 6.45) is 0.882. The first-order valence-corrected chi connectivity index (χ1v) is 5.39. The number of carbonyl (C=O) groups is 1. The Morgan fingerprint density at radius 2 is 2.29 bits per heavy atom. The van der Waals surface area contributed by atoms with Crippen molar-refractivity contribution in [1.29, 1.82) is 0 Å². The molecule has 0 atom stereocenters. The van der Waals surface area contributed by atoms with E-state index in [0.717, 1.165) is 11.2 Å². The summed E-state index contributed by atoms with van der Waals surface area (Å²) >= 11 is 7.31. The van der Waals surface area contributed by atoms with Gasteiger partial charge in [0.15, 0.2) is 5.78 Å². The number of halogens is 1. The minimum absolute atomic E-state index is 0.113. The lowest BCUT2D eigenvalue weighted by Crippen LogP contribution is -2.12. The average molecular weight is 227 g/mol. The molecule has 4 heteroatoms. The van der Waals surface area contributed by atoms with Gasteiger partial charge in [-0.1, -0.05) is 11.6 Å². The number of rotatable bonds is 0. The third kappa shape index (κ3) is 1.53. The molecule has 0 bridgehead atoms. The van der Waals surface area contributed by atoms with Gasteiger partial charge in [0.05, 0.1) is 6.26 Å². The first-order valence-electron chi connectivity index (χ1n) is 4.02. The van der Waals surface area contributed by atoms with Crippen molar-refractivity contribution in [3.63, 3.8) is 0 Å². The molecule has 1 aromatic carbocycles. The van der Waals surface area contributed by atoms with E-state index in [1.165, 1.54) is 11.8 Å². The van der Waals surface area contributed by atoms with Crippen LogP contribution in [0.25, 0.3) is 0 Å². The number of aliphatic hydroxyl groups is 1. The molecule has 72 valence electrons. The highest BCUT2D eigenvalue weighted by molar-refractivity contribution is 7.99. The third-order valence-electron chi connectivity index (χ3n) is 2.02. The van der Waals surface area contributed by atoms with Crippen LogP contribution < -0.4 is 0 Å². The first kappa shape index (κ1) is 9.62. The molecule has 0 radical (unpaired) electrons. The topological polar surface area (TPSA) is 37.3 Å². The lowest BCUT2D eigenvalue weighted by Gasteiger charge is -2.15. The number of thioether (sulfide) groups is 1. The molecule has 0 aliphatic carbocycles. The molecule has 0 saturated heterocycles. The fourth-order valence-electron chi connectivity index (χ4n) is 1.29. The van der Waals surface area contributed by atoms with Crippen molar-refractivity contribution in [2.45, 2.75) is 4.90 Å². The Labute approximate surface area is 90.6 Å². The van der Waals surface area contributed by atoms with Crippen molar-refractivity contribution < 1.29 is 9.90 Å². The third-order valence-corrected chi connectivity index (χ3v) is 3.36. The van der Waals surface area contributed by atoms with Crippen molar-refractivity contribution in [3.8, 4) is 0 Å². The van der Waals surface area contributed by atoms with Crippen LogP contribution in [0.2, 0.25) is 5.02 Å². The molecular weight excluding hydrogens is 220 g/mol. The number of hydrogen-bond donors (Lipinski definition) is 1. The number of hydrogen-bond acceptors (Lipinski definition) is 3. The van der Waals surface area contributed by atoms with Gasteiger partial charge in [0, 0.05) is 26.8 Å². The largest absolute Gasteiger partial charge is 0.515 e. The number of carbonyl (C=O) groups excluding carboxylic acids is 1. The molecule has 1 heterocycles. The van der Waals surface area contributed by atoms with Crippen LogP contribution in [0.3, 0.4) is 0 Å². The summed E-state index contributed by atoms with van der Waals surface area (Å²) in [6, 6.07) is 5.14. The second kappa shape index (κ2) is 3.67. The summed E-state index contributed by atoms with van der Waals surface area (Å²) in [5.74, 6) is 0.390. The highest BCUT2D eigenvalue weighted by Gasteiger charge is 2.22. The van der Waals surface area contributed by atoms with Gasteiger partial charge in [0.25, 0.3) is 0 Å². The van der Waals surface area contributed by atoms with E-state index in [0.29, 0.717) is 21.9 Å². The minimum atomic E-state index is -0.113. The fraction of sp³-hybridized carbons (Fsp3) is 0.100. The van der Waals surface area contributed by atoms with Crippen LogP contribution in [0.5, 0.6) is 0 Å². The molecule has 0 amide bonds. The molecule has 2 nitrogen and oxygen atoms in total. The first-order chi connectivity index (χ1) is 6.72. The van der Waals surface area contributed by atoms with Crippen molar-refractivity contribution in [1.82, 2.24) is 0 Å². The van der Waals surface area contributed by atoms with Crippen LogP contribution in [-0.2, 0) is 0 Å². The molecule has 0 fully saturated rings. The molecule has 0 saturated carbocycles. The lowest BCUT2D eigenvalue weighted by atomic mass is 10.1. The Hall–Kier alpha value is -0.930. The van der Waals surface area contributed by atoms with Crippen molar-refractivity contribution in [3.05, 3.63) is 40.6 Å². The van der Waals surface area contributed by atoms with E-state index in [2.05, 4.69) is 0 Å². The Balaban J connectivity index is 2.52. The molecular formula is C10H7ClO2S. The minimum Gasteiger partial charge on any atom is -0.515 e. The van der Waals surface area contributed by atoms with E-state index in [-0.39, 0.29) is 5.78 Å². The molecule has 1 N–H and O–H groups in total. The summed E-state index contributed by atoms with van der Waals surface area (Å²) in [5.41, 5.74) is 1.05. The van der Waals surface area contributed by atoms with E-state index in [1.807, 2.05) is 0 Å². The van der Waals surface area contributed by atoms with Gasteiger partial charge in [0.2, 0.25) is 0 Å². The maximum atomic E-state index is 11.7. The van der Waals surface area contributed by atoms with E-state index >= 15 is 0 Å². The van der Waals surface area contributed by atoms with Gasteiger partial charge in [-0.15, -0.1) is 11.8 Å². The maximum Gasteiger partial charge on any atom is 0.194 e. The molecule has 1 aliphatic heterocycles. The van der Waals surface area contributed by atoms with E-state index in [9.17, 15) is 4.79 Å². The smallest absolute Gasteiger partial charge is 0.194 e. The summed E-state index contributed by atoms with van der Waals surface area (Å²) < 4.78 is 0. The predicted octanol–water partition coefficient (Wildman–Crippen LogP) is 3.07. The van der Waals surface area contributed by atoms with E-state index in [4.69, 9.17) is 16.7 Å². The molecule has 2 rings (SSSR count). The van der Waals surface area contributed by atoms with Crippen molar-refractivity contribution in [2.75, 3.05) is 5.75 Å². The summed E-state index contributed by atoms with van der Waals surface area (Å²) in [4.78, 5) is 12.6. The van der Waals surface area contributed by atoms with Crippen molar-refractivity contribution in [2.24, 2.45) is 0 Å². The molecule has 0 unspecified atom stereocenters. The zero-order valence-corrected chi connectivity index (χ0v) is 8.73. The summed E-state index contributed by atoms with van der Waals surface area (Å²) in [5, 5.41) is 9.44. The van der Waals surface area contributed by atoms with Gasteiger partial charge in [-0.05, 0) is 18.2 Å². The Morgan fingerprint density at radius 1 is 1.50 bits per heavy atom. The van der Waals surface area contributed by atoms with Crippen LogP contribution >= 0.6 is 23.4 Å². The molecule has 1 aliphatic rings. The van der Waals surface area contributed by atoms with Gasteiger partial charge in [0.1, 0.15) is 0 Å². The van der Waals surface area contributed by atoms with Gasteiger partial charge in [-0.25, -0.2) is 0 Å². The van der Waals surface area contributed by atoms with Gasteiger partial charge in [-0.2, -0.15) is 0 Å². The SMILES string of the molecule is O=C1C(=CO)CSc2cc(Cl)ccc21. The molecule has 14 heavy (non-hydrogen) atoms. The predicted molar refractivity (Wildman–Crippen MR) is 57.2 cm³/mol. The molecule has 1 aromatic rings. The standard InChI is InChI=1S/C10H7ClO2S/c11-7-1-2-8-9(3-7)14-5-6(4-12)10(8)13/h1-4,12H,5H2. The second-order valence-corrected chi connectivity index (χ2v) is 4.37. The highest BCUT2D eigenvalue weighted by atomic mass is 35.5. The Bertz CT molecular complexity index is 426. The van der Waals surface area contributed by atoms with Crippen LogP contribution in [0.1, 0.15) is 10.4 Å².